The summed E-state index contributed by atoms with van der Waals surface area (Å²) in [5.41, 5.74) is 0.549. The van der Waals surface area contributed by atoms with E-state index in [1.54, 1.807) is 36.9 Å². The highest BCUT2D eigenvalue weighted by molar-refractivity contribution is 5.92. The van der Waals surface area contributed by atoms with Crippen LogP contribution in [0.15, 0.2) is 29.2 Å². The van der Waals surface area contributed by atoms with E-state index in [9.17, 15) is 9.59 Å². The van der Waals surface area contributed by atoms with Crippen LogP contribution >= 0.6 is 0 Å². The van der Waals surface area contributed by atoms with E-state index in [0.717, 1.165) is 0 Å². The number of hydrogen-bond acceptors (Lipinski definition) is 6. The van der Waals surface area contributed by atoms with Gasteiger partial charge in [0.1, 0.15) is 22.7 Å². The molecule has 9 heteroatoms. The molecule has 0 saturated heterocycles. The lowest BCUT2D eigenvalue weighted by molar-refractivity contribution is -0.116. The summed E-state index contributed by atoms with van der Waals surface area (Å²) in [5.74, 6) is 1.41. The number of aromatic nitrogens is 4. The highest BCUT2D eigenvalue weighted by Gasteiger charge is 2.21. The first-order valence-electron chi connectivity index (χ1n) is 9.63. The van der Waals surface area contributed by atoms with Crippen LogP contribution in [0.3, 0.4) is 0 Å². The van der Waals surface area contributed by atoms with Crippen molar-refractivity contribution in [3.8, 4) is 11.5 Å². The molecule has 0 fully saturated rings. The van der Waals surface area contributed by atoms with Crippen molar-refractivity contribution >= 4 is 22.6 Å². The van der Waals surface area contributed by atoms with Gasteiger partial charge in [-0.2, -0.15) is 5.10 Å². The average molecular weight is 413 g/mol. The molecule has 1 N–H and O–H groups in total. The van der Waals surface area contributed by atoms with Gasteiger partial charge in [0.05, 0.1) is 31.6 Å². The van der Waals surface area contributed by atoms with Gasteiger partial charge >= 0.3 is 0 Å². The quantitative estimate of drug-likeness (QED) is 0.667. The molecule has 0 aliphatic carbocycles. The number of methoxy groups -OCH3 is 2. The number of carbonyl (C=O) groups excluding carboxylic acids is 1. The normalized spacial score (nSPS) is 11.5. The van der Waals surface area contributed by atoms with Gasteiger partial charge in [-0.05, 0) is 39.8 Å². The first kappa shape index (κ1) is 21.4. The van der Waals surface area contributed by atoms with Gasteiger partial charge in [-0.3, -0.25) is 14.2 Å². The minimum atomic E-state index is -0.296. The van der Waals surface area contributed by atoms with Gasteiger partial charge in [0.2, 0.25) is 5.91 Å². The Balaban J connectivity index is 1.81. The van der Waals surface area contributed by atoms with E-state index in [2.05, 4.69) is 15.4 Å². The lowest BCUT2D eigenvalue weighted by Crippen LogP contribution is -2.28. The van der Waals surface area contributed by atoms with Gasteiger partial charge in [-0.1, -0.05) is 0 Å². The second kappa shape index (κ2) is 8.17. The van der Waals surface area contributed by atoms with Gasteiger partial charge in [-0.25, -0.2) is 9.67 Å². The Hall–Kier alpha value is -3.36. The van der Waals surface area contributed by atoms with Crippen LogP contribution in [0.5, 0.6) is 11.5 Å². The molecule has 3 rings (SSSR count). The van der Waals surface area contributed by atoms with Crippen molar-refractivity contribution in [2.75, 3.05) is 19.5 Å². The molecule has 1 amide bonds. The molecule has 0 atom stereocenters. The van der Waals surface area contributed by atoms with E-state index in [1.165, 1.54) is 17.9 Å². The number of nitrogens with one attached hydrogen (secondary N) is 1. The molecule has 3 aromatic rings. The van der Waals surface area contributed by atoms with Crippen LogP contribution in [-0.2, 0) is 16.9 Å². The number of rotatable bonds is 6. The Morgan fingerprint density at radius 1 is 1.20 bits per heavy atom. The molecule has 2 heterocycles. The number of carbonyl (C=O) groups is 1. The fourth-order valence-corrected chi connectivity index (χ4v) is 3.20. The van der Waals surface area contributed by atoms with E-state index in [4.69, 9.17) is 9.47 Å². The Bertz CT molecular complexity index is 1140. The second-order valence-electron chi connectivity index (χ2n) is 7.94. The minimum absolute atomic E-state index is 0.0989. The average Bonchev–Trinajstić information content (AvgIpc) is 3.12. The SMILES string of the molecule is COc1ccc(OC)c(NC(=O)CCn2c(C)nc3c(cnn3C(C)(C)C)c2=O)c1. The Morgan fingerprint density at radius 2 is 1.93 bits per heavy atom. The maximum atomic E-state index is 12.9. The Kier molecular flexibility index (Phi) is 5.82. The lowest BCUT2D eigenvalue weighted by atomic mass is 10.1. The minimum Gasteiger partial charge on any atom is -0.497 e. The predicted molar refractivity (Wildman–Crippen MR) is 114 cm³/mol. The molecule has 0 bridgehead atoms. The van der Waals surface area contributed by atoms with Crippen molar-refractivity contribution in [2.24, 2.45) is 0 Å². The van der Waals surface area contributed by atoms with Crippen molar-refractivity contribution in [3.63, 3.8) is 0 Å². The summed E-state index contributed by atoms with van der Waals surface area (Å²) in [5, 5.41) is 7.58. The van der Waals surface area contributed by atoms with Crippen molar-refractivity contribution < 1.29 is 14.3 Å². The summed E-state index contributed by atoms with van der Waals surface area (Å²) >= 11 is 0. The fourth-order valence-electron chi connectivity index (χ4n) is 3.20. The van der Waals surface area contributed by atoms with Gasteiger partial charge in [0.25, 0.3) is 5.56 Å². The molecule has 0 aliphatic heterocycles. The van der Waals surface area contributed by atoms with Crippen molar-refractivity contribution in [1.82, 2.24) is 19.3 Å². The number of ether oxygens (including phenoxy) is 2. The number of nitrogens with zero attached hydrogens (tertiary/aromatic N) is 4. The molecular weight excluding hydrogens is 386 g/mol. The summed E-state index contributed by atoms with van der Waals surface area (Å²) < 4.78 is 13.7. The number of benzene rings is 1. The van der Waals surface area contributed by atoms with E-state index >= 15 is 0 Å². The van der Waals surface area contributed by atoms with E-state index < -0.39 is 0 Å². The summed E-state index contributed by atoms with van der Waals surface area (Å²) in [6.45, 7) is 7.95. The third kappa shape index (κ3) is 4.14. The van der Waals surface area contributed by atoms with Gasteiger partial charge in [0, 0.05) is 19.0 Å². The molecular formula is C21H27N5O4. The highest BCUT2D eigenvalue weighted by atomic mass is 16.5. The van der Waals surface area contributed by atoms with Crippen LogP contribution in [0.25, 0.3) is 11.0 Å². The first-order chi connectivity index (χ1) is 14.2. The molecule has 0 spiro atoms. The molecule has 0 aliphatic rings. The van der Waals surface area contributed by atoms with Crippen LogP contribution in [0.4, 0.5) is 5.69 Å². The maximum absolute atomic E-state index is 12.9. The number of amides is 1. The van der Waals surface area contributed by atoms with Crippen LogP contribution in [0.1, 0.15) is 33.0 Å². The largest absolute Gasteiger partial charge is 0.497 e. The van der Waals surface area contributed by atoms with Crippen LogP contribution < -0.4 is 20.3 Å². The third-order valence-electron chi connectivity index (χ3n) is 4.76. The molecule has 2 aromatic heterocycles. The number of fused-ring (bicyclic) bond motifs is 1. The summed E-state index contributed by atoms with van der Waals surface area (Å²) in [6, 6.07) is 5.15. The molecule has 0 radical (unpaired) electrons. The van der Waals surface area contributed by atoms with Crippen LogP contribution in [0.2, 0.25) is 0 Å². The summed E-state index contributed by atoms with van der Waals surface area (Å²) in [6.07, 6.45) is 1.63. The zero-order valence-corrected chi connectivity index (χ0v) is 18.1. The Morgan fingerprint density at radius 3 is 2.57 bits per heavy atom. The molecule has 30 heavy (non-hydrogen) atoms. The first-order valence-corrected chi connectivity index (χ1v) is 9.63. The number of hydrogen-bond donors (Lipinski definition) is 1. The Labute approximate surface area is 174 Å². The fraction of sp³-hybridized carbons (Fsp3) is 0.429. The number of aryl methyl sites for hydroxylation is 1. The zero-order chi connectivity index (χ0) is 22.1. The van der Waals surface area contributed by atoms with Gasteiger partial charge in [0.15, 0.2) is 5.65 Å². The van der Waals surface area contributed by atoms with Crippen molar-refractivity contribution in [2.45, 2.75) is 46.2 Å². The summed E-state index contributed by atoms with van der Waals surface area (Å²) in [4.78, 5) is 30.0. The molecule has 1 aromatic carbocycles. The summed E-state index contributed by atoms with van der Waals surface area (Å²) in [7, 11) is 3.08. The third-order valence-corrected chi connectivity index (χ3v) is 4.76. The standard InChI is InChI=1S/C21H27N5O4/c1-13-23-19-15(12-22-26(19)21(2,3)4)20(28)25(13)10-9-18(27)24-16-11-14(29-5)7-8-17(16)30-6/h7-8,11-12H,9-10H2,1-6H3,(H,24,27). The van der Waals surface area contributed by atoms with Gasteiger partial charge < -0.3 is 14.8 Å². The highest BCUT2D eigenvalue weighted by Crippen LogP contribution is 2.29. The van der Waals surface area contributed by atoms with Crippen molar-refractivity contribution in [1.29, 1.82) is 0 Å². The molecule has 9 nitrogen and oxygen atoms in total. The van der Waals surface area contributed by atoms with Crippen LogP contribution in [0, 0.1) is 6.92 Å². The predicted octanol–water partition coefficient (Wildman–Crippen LogP) is 2.70. The van der Waals surface area contributed by atoms with E-state index in [-0.39, 0.29) is 30.0 Å². The molecule has 0 unspecified atom stereocenters. The smallest absolute Gasteiger partial charge is 0.264 e. The molecule has 160 valence electrons. The molecule has 0 saturated carbocycles. The van der Waals surface area contributed by atoms with E-state index in [1.807, 2.05) is 20.8 Å². The second-order valence-corrected chi connectivity index (χ2v) is 7.94. The maximum Gasteiger partial charge on any atom is 0.264 e. The monoisotopic (exact) mass is 413 g/mol. The lowest BCUT2D eigenvalue weighted by Gasteiger charge is -2.20. The topological polar surface area (TPSA) is 100 Å². The van der Waals surface area contributed by atoms with Gasteiger partial charge in [-0.15, -0.1) is 0 Å². The number of anilines is 1. The van der Waals surface area contributed by atoms with E-state index in [0.29, 0.717) is 34.0 Å². The zero-order valence-electron chi connectivity index (χ0n) is 18.1. The van der Waals surface area contributed by atoms with Crippen molar-refractivity contribution in [3.05, 3.63) is 40.6 Å². The van der Waals surface area contributed by atoms with Crippen LogP contribution in [-0.4, -0.2) is 39.5 Å².